The van der Waals surface area contributed by atoms with E-state index >= 15 is 0 Å². The van der Waals surface area contributed by atoms with Gasteiger partial charge < -0.3 is 4.90 Å². The van der Waals surface area contributed by atoms with Crippen LogP contribution in [-0.4, -0.2) is 15.2 Å². The molecule has 2 rings (SSSR count). The van der Waals surface area contributed by atoms with Crippen molar-refractivity contribution in [2.75, 3.05) is 0 Å². The van der Waals surface area contributed by atoms with Gasteiger partial charge in [-0.25, -0.2) is 0 Å². The van der Waals surface area contributed by atoms with Crippen LogP contribution < -0.4 is 0 Å². The van der Waals surface area contributed by atoms with E-state index in [1.807, 2.05) is 22.6 Å². The lowest BCUT2D eigenvalue weighted by atomic mass is 10.3. The first-order valence-electron chi connectivity index (χ1n) is 3.41. The molecule has 2 aliphatic rings. The number of thioether (sulfide) groups is 1. The topological polar surface area (TPSA) is 46.4 Å². The Balaban J connectivity index is 2.25. The van der Waals surface area contributed by atoms with E-state index in [9.17, 15) is 10.1 Å². The summed E-state index contributed by atoms with van der Waals surface area (Å²) in [6, 6.07) is 0. The van der Waals surface area contributed by atoms with Gasteiger partial charge in [-0.2, -0.15) is 0 Å². The van der Waals surface area contributed by atoms with Crippen molar-refractivity contribution in [1.82, 2.24) is 4.90 Å². The van der Waals surface area contributed by atoms with Gasteiger partial charge in [-0.1, -0.05) is 0 Å². The van der Waals surface area contributed by atoms with Crippen LogP contribution in [0.15, 0.2) is 35.7 Å². The van der Waals surface area contributed by atoms with E-state index in [1.165, 1.54) is 0 Å². The van der Waals surface area contributed by atoms with Gasteiger partial charge in [0, 0.05) is 12.3 Å². The summed E-state index contributed by atoms with van der Waals surface area (Å²) >= 11 is 1.63. The summed E-state index contributed by atoms with van der Waals surface area (Å²) < 4.78 is 0. The zero-order valence-corrected chi connectivity index (χ0v) is 6.90. The second kappa shape index (κ2) is 2.67. The standard InChI is InChI=1S/C7H6N2O2S/c10-9(11)6-1-2-7-8(5-6)3-4-12-7/h1-5,7H. The highest BCUT2D eigenvalue weighted by atomic mass is 32.2. The highest BCUT2D eigenvalue weighted by molar-refractivity contribution is 8.03. The van der Waals surface area contributed by atoms with Crippen LogP contribution in [0.4, 0.5) is 0 Å². The number of nitrogens with zero attached hydrogens (tertiary/aromatic N) is 2. The van der Waals surface area contributed by atoms with E-state index in [0.29, 0.717) is 0 Å². The molecule has 12 heavy (non-hydrogen) atoms. The fraction of sp³-hybridized carbons (Fsp3) is 0.143. The molecule has 0 aliphatic carbocycles. The number of hydrogen-bond donors (Lipinski definition) is 0. The highest BCUT2D eigenvalue weighted by Gasteiger charge is 2.22. The summed E-state index contributed by atoms with van der Waals surface area (Å²) in [5.41, 5.74) is 0.137. The van der Waals surface area contributed by atoms with Crippen molar-refractivity contribution in [3.63, 3.8) is 0 Å². The maximum Gasteiger partial charge on any atom is 0.285 e. The lowest BCUT2D eigenvalue weighted by Crippen LogP contribution is -2.21. The summed E-state index contributed by atoms with van der Waals surface area (Å²) in [6.07, 6.45) is 6.74. The van der Waals surface area contributed by atoms with Gasteiger partial charge in [0.25, 0.3) is 5.70 Å². The predicted octanol–water partition coefficient (Wildman–Crippen LogP) is 1.52. The molecule has 2 aliphatic heterocycles. The molecule has 0 radical (unpaired) electrons. The second-order valence-electron chi connectivity index (χ2n) is 2.43. The van der Waals surface area contributed by atoms with Crippen LogP contribution >= 0.6 is 11.8 Å². The fourth-order valence-corrected chi connectivity index (χ4v) is 1.90. The molecule has 0 aromatic rings. The van der Waals surface area contributed by atoms with Crippen molar-refractivity contribution in [3.8, 4) is 0 Å². The lowest BCUT2D eigenvalue weighted by Gasteiger charge is -2.19. The molecule has 2 heterocycles. The van der Waals surface area contributed by atoms with E-state index in [-0.39, 0.29) is 16.0 Å². The van der Waals surface area contributed by atoms with Crippen molar-refractivity contribution < 1.29 is 4.92 Å². The van der Waals surface area contributed by atoms with Gasteiger partial charge in [-0.3, -0.25) is 10.1 Å². The molecule has 62 valence electrons. The largest absolute Gasteiger partial charge is 0.331 e. The molecular formula is C7H6N2O2S. The molecule has 1 unspecified atom stereocenters. The minimum Gasteiger partial charge on any atom is -0.331 e. The van der Waals surface area contributed by atoms with Gasteiger partial charge in [0.2, 0.25) is 0 Å². The van der Waals surface area contributed by atoms with Crippen molar-refractivity contribution in [2.45, 2.75) is 5.37 Å². The van der Waals surface area contributed by atoms with Crippen LogP contribution in [0.1, 0.15) is 0 Å². The highest BCUT2D eigenvalue weighted by Crippen LogP contribution is 2.29. The van der Waals surface area contributed by atoms with E-state index < -0.39 is 0 Å². The van der Waals surface area contributed by atoms with Crippen molar-refractivity contribution in [2.24, 2.45) is 0 Å². The van der Waals surface area contributed by atoms with E-state index in [4.69, 9.17) is 0 Å². The average molecular weight is 182 g/mol. The quantitative estimate of drug-likeness (QED) is 0.455. The maximum atomic E-state index is 10.4. The number of fused-ring (bicyclic) bond motifs is 1. The monoisotopic (exact) mass is 182 g/mol. The number of rotatable bonds is 1. The Hall–Kier alpha value is -1.23. The molecule has 0 aromatic carbocycles. The minimum atomic E-state index is -0.385. The average Bonchev–Trinajstić information content (AvgIpc) is 2.49. The van der Waals surface area contributed by atoms with Crippen LogP contribution in [0.25, 0.3) is 0 Å². The van der Waals surface area contributed by atoms with Crippen LogP contribution in [0.3, 0.4) is 0 Å². The molecule has 4 nitrogen and oxygen atoms in total. The third-order valence-corrected chi connectivity index (χ3v) is 2.63. The van der Waals surface area contributed by atoms with Crippen molar-refractivity contribution in [1.29, 1.82) is 0 Å². The summed E-state index contributed by atoms with van der Waals surface area (Å²) in [7, 11) is 0. The first kappa shape index (κ1) is 7.42. The molecule has 0 saturated heterocycles. The Labute approximate surface area is 73.4 Å². The van der Waals surface area contributed by atoms with Gasteiger partial charge in [0.1, 0.15) is 5.37 Å². The van der Waals surface area contributed by atoms with Crippen molar-refractivity contribution >= 4 is 11.8 Å². The molecular weight excluding hydrogens is 176 g/mol. The zero-order valence-electron chi connectivity index (χ0n) is 6.08. The third kappa shape index (κ3) is 1.12. The number of nitro groups is 1. The first-order chi connectivity index (χ1) is 5.77. The molecule has 0 N–H and O–H groups in total. The smallest absolute Gasteiger partial charge is 0.285 e. The molecule has 0 bridgehead atoms. The Morgan fingerprint density at radius 1 is 1.67 bits per heavy atom. The molecule has 0 aromatic heterocycles. The molecule has 0 fully saturated rings. The Kier molecular flexibility index (Phi) is 1.65. The number of hydrogen-bond acceptors (Lipinski definition) is 4. The van der Waals surface area contributed by atoms with Gasteiger partial charge in [0.05, 0.1) is 11.1 Å². The SMILES string of the molecule is O=[N+]([O-])C1=CN2C=CSC2C=C1. The Morgan fingerprint density at radius 2 is 2.50 bits per heavy atom. The predicted molar refractivity (Wildman–Crippen MR) is 46.6 cm³/mol. The van der Waals surface area contributed by atoms with Gasteiger partial charge >= 0.3 is 0 Å². The van der Waals surface area contributed by atoms with Crippen LogP contribution in [0.5, 0.6) is 0 Å². The summed E-state index contributed by atoms with van der Waals surface area (Å²) in [4.78, 5) is 11.8. The Bertz CT molecular complexity index is 309. The minimum absolute atomic E-state index is 0.137. The lowest BCUT2D eigenvalue weighted by molar-refractivity contribution is -0.420. The molecule has 1 atom stereocenters. The Morgan fingerprint density at radius 3 is 3.25 bits per heavy atom. The van der Waals surface area contributed by atoms with Gasteiger partial charge in [-0.15, -0.1) is 11.8 Å². The van der Waals surface area contributed by atoms with E-state index in [1.54, 1.807) is 24.0 Å². The first-order valence-corrected chi connectivity index (χ1v) is 4.35. The molecule has 5 heteroatoms. The van der Waals surface area contributed by atoms with E-state index in [2.05, 4.69) is 0 Å². The van der Waals surface area contributed by atoms with Gasteiger partial charge in [0.15, 0.2) is 0 Å². The van der Waals surface area contributed by atoms with E-state index in [0.717, 1.165) is 0 Å². The molecule has 0 amide bonds. The molecule has 0 saturated carbocycles. The van der Waals surface area contributed by atoms with Crippen LogP contribution in [-0.2, 0) is 0 Å². The third-order valence-electron chi connectivity index (χ3n) is 1.67. The van der Waals surface area contributed by atoms with Crippen molar-refractivity contribution in [3.05, 3.63) is 45.8 Å². The van der Waals surface area contributed by atoms with Crippen LogP contribution in [0.2, 0.25) is 0 Å². The normalized spacial score (nSPS) is 25.5. The fourth-order valence-electron chi connectivity index (χ4n) is 1.09. The zero-order chi connectivity index (χ0) is 8.55. The molecule has 0 spiro atoms. The number of allylic oxidation sites excluding steroid dienone is 1. The summed E-state index contributed by atoms with van der Waals surface area (Å²) in [5.74, 6) is 0. The van der Waals surface area contributed by atoms with Gasteiger partial charge in [-0.05, 0) is 11.5 Å². The van der Waals surface area contributed by atoms with Crippen LogP contribution in [0, 0.1) is 10.1 Å². The maximum absolute atomic E-state index is 10.4. The summed E-state index contributed by atoms with van der Waals surface area (Å²) in [6.45, 7) is 0. The second-order valence-corrected chi connectivity index (χ2v) is 3.46. The summed E-state index contributed by atoms with van der Waals surface area (Å²) in [5, 5.41) is 12.5.